The van der Waals surface area contributed by atoms with Gasteiger partial charge in [0.15, 0.2) is 0 Å². The molecule has 2 aromatic heterocycles. The topological polar surface area (TPSA) is 51.8 Å². The van der Waals surface area contributed by atoms with Gasteiger partial charge in [-0.25, -0.2) is 4.98 Å². The van der Waals surface area contributed by atoms with Crippen LogP contribution in [-0.4, -0.2) is 9.97 Å². The molecule has 4 heteroatoms. The third kappa shape index (κ3) is 1.84. The van der Waals surface area contributed by atoms with Crippen molar-refractivity contribution >= 4 is 22.1 Å². The van der Waals surface area contributed by atoms with Crippen LogP contribution in [0.15, 0.2) is 36.5 Å². The van der Waals surface area contributed by atoms with Crippen molar-refractivity contribution in [3.8, 4) is 10.7 Å². The molecule has 0 radical (unpaired) electrons. The predicted molar refractivity (Wildman–Crippen MR) is 82.7 cm³/mol. The second-order valence-electron chi connectivity index (χ2n) is 5.21. The lowest BCUT2D eigenvalue weighted by Gasteiger charge is -2.15. The second-order valence-corrected chi connectivity index (χ2v) is 6.24. The molecule has 3 nitrogen and oxygen atoms in total. The van der Waals surface area contributed by atoms with Gasteiger partial charge in [0.1, 0.15) is 10.7 Å². The van der Waals surface area contributed by atoms with Crippen LogP contribution in [-0.2, 0) is 6.42 Å². The summed E-state index contributed by atoms with van der Waals surface area (Å²) < 4.78 is 0. The van der Waals surface area contributed by atoms with Gasteiger partial charge in [0.2, 0.25) is 0 Å². The largest absolute Gasteiger partial charge is 0.323 e. The zero-order valence-electron chi connectivity index (χ0n) is 11.0. The fourth-order valence-corrected chi connectivity index (χ4v) is 4.00. The van der Waals surface area contributed by atoms with Crippen LogP contribution < -0.4 is 5.73 Å². The standard InChI is InChI=1S/C16H15N3S/c17-12-6-3-7-13-15(12)20-16(19-13)14-11-5-2-1-4-10(11)8-9-18-14/h1-2,4-5,8-9,12H,3,6-7,17H2. The molecule has 1 atom stereocenters. The van der Waals surface area contributed by atoms with E-state index in [1.54, 1.807) is 11.3 Å². The minimum Gasteiger partial charge on any atom is -0.323 e. The number of pyridine rings is 1. The fourth-order valence-electron chi connectivity index (χ4n) is 2.84. The molecule has 0 saturated heterocycles. The first-order valence-corrected chi connectivity index (χ1v) is 7.74. The summed E-state index contributed by atoms with van der Waals surface area (Å²) in [5.41, 5.74) is 8.36. The molecular formula is C16H15N3S. The lowest BCUT2D eigenvalue weighted by Crippen LogP contribution is -2.15. The summed E-state index contributed by atoms with van der Waals surface area (Å²) in [6.45, 7) is 0. The molecule has 0 spiro atoms. The number of hydrogen-bond acceptors (Lipinski definition) is 4. The average Bonchev–Trinajstić information content (AvgIpc) is 2.92. The maximum atomic E-state index is 6.20. The van der Waals surface area contributed by atoms with Crippen LogP contribution in [0.1, 0.15) is 29.5 Å². The molecule has 0 saturated carbocycles. The highest BCUT2D eigenvalue weighted by Gasteiger charge is 2.23. The van der Waals surface area contributed by atoms with E-state index in [-0.39, 0.29) is 6.04 Å². The normalized spacial score (nSPS) is 18.1. The van der Waals surface area contributed by atoms with Crippen molar-refractivity contribution in [2.75, 3.05) is 0 Å². The number of thiazole rings is 1. The molecule has 2 N–H and O–H groups in total. The second kappa shape index (κ2) is 4.65. The monoisotopic (exact) mass is 281 g/mol. The Balaban J connectivity index is 1.92. The van der Waals surface area contributed by atoms with E-state index in [1.165, 1.54) is 16.0 Å². The van der Waals surface area contributed by atoms with Crippen molar-refractivity contribution in [2.24, 2.45) is 5.73 Å². The van der Waals surface area contributed by atoms with Gasteiger partial charge in [-0.3, -0.25) is 4.98 Å². The Labute approximate surface area is 121 Å². The van der Waals surface area contributed by atoms with Crippen LogP contribution >= 0.6 is 11.3 Å². The molecule has 0 aliphatic heterocycles. The lowest BCUT2D eigenvalue weighted by molar-refractivity contribution is 0.573. The van der Waals surface area contributed by atoms with Gasteiger partial charge in [0.25, 0.3) is 0 Å². The summed E-state index contributed by atoms with van der Waals surface area (Å²) in [6.07, 6.45) is 5.11. The highest BCUT2D eigenvalue weighted by atomic mass is 32.1. The maximum Gasteiger partial charge on any atom is 0.143 e. The van der Waals surface area contributed by atoms with Crippen molar-refractivity contribution in [3.63, 3.8) is 0 Å². The van der Waals surface area contributed by atoms with Gasteiger partial charge in [-0.05, 0) is 30.7 Å². The number of aryl methyl sites for hydroxylation is 1. The Morgan fingerprint density at radius 3 is 3.00 bits per heavy atom. The number of rotatable bonds is 1. The van der Waals surface area contributed by atoms with Crippen molar-refractivity contribution in [3.05, 3.63) is 47.1 Å². The van der Waals surface area contributed by atoms with E-state index in [9.17, 15) is 0 Å². The third-order valence-corrected chi connectivity index (χ3v) is 5.11. The molecule has 100 valence electrons. The quantitative estimate of drug-likeness (QED) is 0.740. The smallest absolute Gasteiger partial charge is 0.143 e. The molecule has 1 aliphatic rings. The van der Waals surface area contributed by atoms with Crippen molar-refractivity contribution in [2.45, 2.75) is 25.3 Å². The Bertz CT molecular complexity index is 773. The molecule has 1 aromatic carbocycles. The highest BCUT2D eigenvalue weighted by molar-refractivity contribution is 7.15. The predicted octanol–water partition coefficient (Wildman–Crippen LogP) is 3.69. The number of hydrogen-bond donors (Lipinski definition) is 1. The lowest BCUT2D eigenvalue weighted by atomic mass is 9.99. The number of benzene rings is 1. The van der Waals surface area contributed by atoms with Gasteiger partial charge >= 0.3 is 0 Å². The van der Waals surface area contributed by atoms with E-state index >= 15 is 0 Å². The molecule has 4 rings (SSSR count). The van der Waals surface area contributed by atoms with Gasteiger partial charge in [0, 0.05) is 22.5 Å². The molecule has 1 unspecified atom stereocenters. The van der Waals surface area contributed by atoms with E-state index in [0.29, 0.717) is 0 Å². The molecule has 2 heterocycles. The van der Waals surface area contributed by atoms with Gasteiger partial charge in [-0.1, -0.05) is 24.3 Å². The minimum absolute atomic E-state index is 0.153. The van der Waals surface area contributed by atoms with Crippen LogP contribution in [0.4, 0.5) is 0 Å². The summed E-state index contributed by atoms with van der Waals surface area (Å²) in [4.78, 5) is 10.6. The Kier molecular flexibility index (Phi) is 2.79. The molecular weight excluding hydrogens is 266 g/mol. The van der Waals surface area contributed by atoms with Crippen LogP contribution in [0.5, 0.6) is 0 Å². The van der Waals surface area contributed by atoms with Crippen LogP contribution in [0.3, 0.4) is 0 Å². The third-order valence-electron chi connectivity index (χ3n) is 3.87. The SMILES string of the molecule is NC1CCCc2nc(-c3nccc4ccccc34)sc21. The zero-order valence-corrected chi connectivity index (χ0v) is 11.9. The summed E-state index contributed by atoms with van der Waals surface area (Å²) >= 11 is 1.71. The molecule has 0 amide bonds. The number of aromatic nitrogens is 2. The van der Waals surface area contributed by atoms with E-state index in [0.717, 1.165) is 35.4 Å². The van der Waals surface area contributed by atoms with E-state index < -0.39 is 0 Å². The van der Waals surface area contributed by atoms with Crippen molar-refractivity contribution in [1.82, 2.24) is 9.97 Å². The van der Waals surface area contributed by atoms with Crippen LogP contribution in [0.2, 0.25) is 0 Å². The summed E-state index contributed by atoms with van der Waals surface area (Å²) in [6, 6.07) is 10.5. The Morgan fingerprint density at radius 2 is 2.10 bits per heavy atom. The summed E-state index contributed by atoms with van der Waals surface area (Å²) in [5.74, 6) is 0. The van der Waals surface area contributed by atoms with Gasteiger partial charge in [-0.2, -0.15) is 0 Å². The first-order valence-electron chi connectivity index (χ1n) is 6.92. The summed E-state index contributed by atoms with van der Waals surface area (Å²) in [5, 5.41) is 3.37. The number of fused-ring (bicyclic) bond motifs is 2. The van der Waals surface area contributed by atoms with Crippen molar-refractivity contribution in [1.29, 1.82) is 0 Å². The first-order chi connectivity index (χ1) is 9.83. The van der Waals surface area contributed by atoms with Crippen molar-refractivity contribution < 1.29 is 0 Å². The highest BCUT2D eigenvalue weighted by Crippen LogP contribution is 2.37. The Hall–Kier alpha value is -1.78. The number of nitrogens with zero attached hydrogens (tertiary/aromatic N) is 2. The molecule has 3 aromatic rings. The Morgan fingerprint density at radius 1 is 1.20 bits per heavy atom. The minimum atomic E-state index is 0.153. The zero-order chi connectivity index (χ0) is 13.5. The average molecular weight is 281 g/mol. The van der Waals surface area contributed by atoms with Gasteiger partial charge in [-0.15, -0.1) is 11.3 Å². The molecule has 20 heavy (non-hydrogen) atoms. The van der Waals surface area contributed by atoms with Crippen LogP contribution in [0.25, 0.3) is 21.5 Å². The van der Waals surface area contributed by atoms with Gasteiger partial charge in [0.05, 0.1) is 5.69 Å². The molecule has 1 aliphatic carbocycles. The van der Waals surface area contributed by atoms with E-state index in [4.69, 9.17) is 10.7 Å². The summed E-state index contributed by atoms with van der Waals surface area (Å²) in [7, 11) is 0. The maximum absolute atomic E-state index is 6.20. The molecule has 0 bridgehead atoms. The van der Waals surface area contributed by atoms with E-state index in [1.807, 2.05) is 18.3 Å². The fraction of sp³-hybridized carbons (Fsp3) is 0.250. The van der Waals surface area contributed by atoms with Gasteiger partial charge < -0.3 is 5.73 Å². The van der Waals surface area contributed by atoms with E-state index in [2.05, 4.69) is 23.2 Å². The number of nitrogens with two attached hydrogens (primary N) is 1. The molecule has 0 fully saturated rings. The first kappa shape index (κ1) is 12.0. The van der Waals surface area contributed by atoms with Crippen LogP contribution in [0, 0.1) is 0 Å².